The molecule has 0 bridgehead atoms. The fraction of sp³-hybridized carbons (Fsp3) is 0.333. The Bertz CT molecular complexity index is 380. The fourth-order valence-electron chi connectivity index (χ4n) is 1.52. The minimum absolute atomic E-state index is 0.195. The maximum absolute atomic E-state index is 5.83. The van der Waals surface area contributed by atoms with Crippen molar-refractivity contribution in [2.45, 2.75) is 19.4 Å². The standard InChI is InChI=1S/C12H15NO/c1-12(2)7-6-9-4-5-10(13-3)8-11(9)14-12/h4-8,13H,1-3H3. The monoisotopic (exact) mass is 189 g/mol. The van der Waals surface area contributed by atoms with E-state index in [0.29, 0.717) is 0 Å². The van der Waals surface area contributed by atoms with Crippen LogP contribution < -0.4 is 10.1 Å². The summed E-state index contributed by atoms with van der Waals surface area (Å²) < 4.78 is 5.83. The lowest BCUT2D eigenvalue weighted by Crippen LogP contribution is -2.27. The third kappa shape index (κ3) is 1.60. The molecule has 0 atom stereocenters. The summed E-state index contributed by atoms with van der Waals surface area (Å²) >= 11 is 0. The van der Waals surface area contributed by atoms with Gasteiger partial charge >= 0.3 is 0 Å². The van der Waals surface area contributed by atoms with Crippen LogP contribution in [-0.4, -0.2) is 12.6 Å². The Morgan fingerprint density at radius 2 is 2.07 bits per heavy atom. The highest BCUT2D eigenvalue weighted by atomic mass is 16.5. The third-order valence-electron chi connectivity index (χ3n) is 2.34. The highest BCUT2D eigenvalue weighted by Gasteiger charge is 2.21. The molecule has 14 heavy (non-hydrogen) atoms. The van der Waals surface area contributed by atoms with Crippen molar-refractivity contribution in [3.8, 4) is 5.75 Å². The average molecular weight is 189 g/mol. The van der Waals surface area contributed by atoms with Crippen molar-refractivity contribution in [3.63, 3.8) is 0 Å². The molecule has 0 amide bonds. The zero-order valence-electron chi connectivity index (χ0n) is 8.79. The maximum atomic E-state index is 5.83. The van der Waals surface area contributed by atoms with Crippen LogP contribution in [0.15, 0.2) is 24.3 Å². The van der Waals surface area contributed by atoms with Crippen LogP contribution in [0.4, 0.5) is 5.69 Å². The molecule has 1 aromatic carbocycles. The summed E-state index contributed by atoms with van der Waals surface area (Å²) in [5, 5.41) is 3.10. The van der Waals surface area contributed by atoms with Gasteiger partial charge in [0.05, 0.1) is 0 Å². The normalized spacial score (nSPS) is 17.1. The lowest BCUT2D eigenvalue weighted by Gasteiger charge is -2.28. The van der Waals surface area contributed by atoms with E-state index >= 15 is 0 Å². The molecule has 1 N–H and O–H groups in total. The van der Waals surface area contributed by atoms with Crippen molar-refractivity contribution in [2.24, 2.45) is 0 Å². The van der Waals surface area contributed by atoms with Gasteiger partial charge in [-0.05, 0) is 32.1 Å². The molecule has 2 heteroatoms. The van der Waals surface area contributed by atoms with Crippen molar-refractivity contribution in [1.82, 2.24) is 0 Å². The van der Waals surface area contributed by atoms with Gasteiger partial charge in [-0.1, -0.05) is 6.08 Å². The Hall–Kier alpha value is -1.44. The van der Waals surface area contributed by atoms with Crippen molar-refractivity contribution in [2.75, 3.05) is 12.4 Å². The van der Waals surface area contributed by atoms with E-state index in [1.165, 1.54) is 0 Å². The second kappa shape index (κ2) is 3.05. The highest BCUT2D eigenvalue weighted by molar-refractivity contribution is 5.65. The Balaban J connectivity index is 2.42. The summed E-state index contributed by atoms with van der Waals surface area (Å²) in [6, 6.07) is 6.14. The van der Waals surface area contributed by atoms with Crippen molar-refractivity contribution >= 4 is 11.8 Å². The Labute approximate surface area is 84.6 Å². The summed E-state index contributed by atoms with van der Waals surface area (Å²) in [6.07, 6.45) is 4.19. The summed E-state index contributed by atoms with van der Waals surface area (Å²) in [6.45, 7) is 4.11. The molecule has 0 fully saturated rings. The smallest absolute Gasteiger partial charge is 0.129 e. The Morgan fingerprint density at radius 3 is 2.79 bits per heavy atom. The lowest BCUT2D eigenvalue weighted by atomic mass is 10.0. The van der Waals surface area contributed by atoms with Gasteiger partial charge in [-0.2, -0.15) is 0 Å². The number of rotatable bonds is 1. The second-order valence-corrected chi connectivity index (χ2v) is 4.04. The summed E-state index contributed by atoms with van der Waals surface area (Å²) in [5.74, 6) is 0.948. The van der Waals surface area contributed by atoms with Crippen molar-refractivity contribution in [1.29, 1.82) is 0 Å². The van der Waals surface area contributed by atoms with Crippen molar-refractivity contribution in [3.05, 3.63) is 29.8 Å². The molecule has 0 aromatic heterocycles. The zero-order valence-corrected chi connectivity index (χ0v) is 8.79. The Morgan fingerprint density at radius 1 is 1.29 bits per heavy atom. The van der Waals surface area contributed by atoms with Gasteiger partial charge in [-0.15, -0.1) is 0 Å². The minimum Gasteiger partial charge on any atom is -0.483 e. The minimum atomic E-state index is -0.195. The molecule has 74 valence electrons. The van der Waals surface area contributed by atoms with Crippen LogP contribution in [0.2, 0.25) is 0 Å². The molecule has 0 radical (unpaired) electrons. The van der Waals surface area contributed by atoms with E-state index in [-0.39, 0.29) is 5.60 Å². The van der Waals surface area contributed by atoms with Crippen molar-refractivity contribution < 1.29 is 4.74 Å². The summed E-state index contributed by atoms with van der Waals surface area (Å²) in [7, 11) is 1.91. The molecule has 1 heterocycles. The van der Waals surface area contributed by atoms with E-state index in [4.69, 9.17) is 4.74 Å². The van der Waals surface area contributed by atoms with E-state index in [0.717, 1.165) is 17.0 Å². The predicted molar refractivity (Wildman–Crippen MR) is 59.7 cm³/mol. The zero-order chi connectivity index (χ0) is 10.2. The van der Waals surface area contributed by atoms with Crippen LogP contribution in [0.25, 0.3) is 6.08 Å². The van der Waals surface area contributed by atoms with E-state index in [1.54, 1.807) is 0 Å². The first kappa shape index (κ1) is 9.13. The van der Waals surface area contributed by atoms with Gasteiger partial charge in [0.25, 0.3) is 0 Å². The van der Waals surface area contributed by atoms with Gasteiger partial charge in [0.15, 0.2) is 0 Å². The van der Waals surface area contributed by atoms with Crippen LogP contribution in [0.1, 0.15) is 19.4 Å². The largest absolute Gasteiger partial charge is 0.483 e. The maximum Gasteiger partial charge on any atom is 0.129 e. The topological polar surface area (TPSA) is 21.3 Å². The predicted octanol–water partition coefficient (Wildman–Crippen LogP) is 2.91. The number of anilines is 1. The van der Waals surface area contributed by atoms with E-state index < -0.39 is 0 Å². The molecule has 0 saturated carbocycles. The molecule has 1 aromatic rings. The molecular weight excluding hydrogens is 174 g/mol. The molecular formula is C12H15NO. The van der Waals surface area contributed by atoms with E-state index in [9.17, 15) is 0 Å². The highest BCUT2D eigenvalue weighted by Crippen LogP contribution is 2.32. The van der Waals surface area contributed by atoms with E-state index in [1.807, 2.05) is 19.2 Å². The first-order valence-electron chi connectivity index (χ1n) is 4.81. The quantitative estimate of drug-likeness (QED) is 0.733. The van der Waals surface area contributed by atoms with Gasteiger partial charge in [0.1, 0.15) is 11.4 Å². The van der Waals surface area contributed by atoms with Crippen LogP contribution in [0.3, 0.4) is 0 Å². The van der Waals surface area contributed by atoms with Gasteiger partial charge in [-0.3, -0.25) is 0 Å². The van der Waals surface area contributed by atoms with Crippen LogP contribution >= 0.6 is 0 Å². The van der Waals surface area contributed by atoms with Crippen LogP contribution in [-0.2, 0) is 0 Å². The number of hydrogen-bond acceptors (Lipinski definition) is 2. The molecule has 1 aliphatic heterocycles. The van der Waals surface area contributed by atoms with Gasteiger partial charge < -0.3 is 10.1 Å². The Kier molecular flexibility index (Phi) is 1.99. The number of benzene rings is 1. The first-order valence-corrected chi connectivity index (χ1v) is 4.81. The first-order chi connectivity index (χ1) is 6.61. The lowest BCUT2D eigenvalue weighted by molar-refractivity contribution is 0.159. The average Bonchev–Trinajstić information content (AvgIpc) is 2.15. The van der Waals surface area contributed by atoms with Gasteiger partial charge in [0.2, 0.25) is 0 Å². The molecule has 0 saturated heterocycles. The summed E-state index contributed by atoms with van der Waals surface area (Å²) in [5.41, 5.74) is 2.03. The molecule has 2 rings (SSSR count). The molecule has 2 nitrogen and oxygen atoms in total. The second-order valence-electron chi connectivity index (χ2n) is 4.04. The number of hydrogen-bond donors (Lipinski definition) is 1. The molecule has 0 spiro atoms. The van der Waals surface area contributed by atoms with Gasteiger partial charge in [-0.25, -0.2) is 0 Å². The summed E-state index contributed by atoms with van der Waals surface area (Å²) in [4.78, 5) is 0. The van der Waals surface area contributed by atoms with Crippen LogP contribution in [0.5, 0.6) is 5.75 Å². The molecule has 0 aliphatic carbocycles. The number of nitrogens with one attached hydrogen (secondary N) is 1. The van der Waals surface area contributed by atoms with Gasteiger partial charge in [0, 0.05) is 24.4 Å². The molecule has 0 unspecified atom stereocenters. The number of ether oxygens (including phenoxy) is 1. The van der Waals surface area contributed by atoms with Crippen LogP contribution in [0, 0.1) is 0 Å². The number of fused-ring (bicyclic) bond motifs is 1. The molecule has 1 aliphatic rings. The SMILES string of the molecule is CNc1ccc2c(c1)OC(C)(C)C=C2. The third-order valence-corrected chi connectivity index (χ3v) is 2.34. The van der Waals surface area contributed by atoms with E-state index in [2.05, 4.69) is 37.4 Å². The fourth-order valence-corrected chi connectivity index (χ4v) is 1.52.